The summed E-state index contributed by atoms with van der Waals surface area (Å²) in [5, 5.41) is 0. The Balaban J connectivity index is 1.12. The molecule has 4 aromatic rings. The van der Waals surface area contributed by atoms with Crippen LogP contribution in [0.15, 0.2) is 103 Å². The Morgan fingerprint density at radius 2 is 1.28 bits per heavy atom. The van der Waals surface area contributed by atoms with E-state index < -0.39 is 0 Å². The molecule has 1 heterocycles. The van der Waals surface area contributed by atoms with E-state index in [2.05, 4.69) is 54.6 Å². The molecular formula is C32H27NO3. The maximum Gasteiger partial charge on any atom is 0.261 e. The van der Waals surface area contributed by atoms with Gasteiger partial charge in [0, 0.05) is 12.5 Å². The maximum absolute atomic E-state index is 12.6. The molecule has 0 spiro atoms. The van der Waals surface area contributed by atoms with Gasteiger partial charge in [0.25, 0.3) is 11.8 Å². The molecule has 2 unspecified atom stereocenters. The van der Waals surface area contributed by atoms with Crippen molar-refractivity contribution >= 4 is 11.8 Å². The third-order valence-corrected chi connectivity index (χ3v) is 7.34. The lowest BCUT2D eigenvalue weighted by Crippen LogP contribution is -2.31. The van der Waals surface area contributed by atoms with Gasteiger partial charge >= 0.3 is 0 Å². The van der Waals surface area contributed by atoms with E-state index in [0.29, 0.717) is 30.0 Å². The highest BCUT2D eigenvalue weighted by atomic mass is 16.5. The number of ether oxygens (including phenoxy) is 1. The van der Waals surface area contributed by atoms with E-state index in [1.165, 1.54) is 21.6 Å². The molecule has 2 amide bonds. The summed E-state index contributed by atoms with van der Waals surface area (Å²) in [6.45, 7) is 0.365. The number of benzene rings is 4. The lowest BCUT2D eigenvalue weighted by molar-refractivity contribution is 0.0656. The van der Waals surface area contributed by atoms with Gasteiger partial charge in [0.05, 0.1) is 11.1 Å². The van der Waals surface area contributed by atoms with Crippen LogP contribution in [0.3, 0.4) is 0 Å². The zero-order valence-corrected chi connectivity index (χ0v) is 20.0. The van der Waals surface area contributed by atoms with Crippen molar-refractivity contribution in [3.8, 4) is 5.75 Å². The summed E-state index contributed by atoms with van der Waals surface area (Å²) in [5.74, 6) is 0.810. The van der Waals surface area contributed by atoms with Crippen molar-refractivity contribution in [3.05, 3.63) is 137 Å². The quantitative estimate of drug-likeness (QED) is 0.298. The van der Waals surface area contributed by atoms with Crippen LogP contribution in [0, 0.1) is 0 Å². The number of hydrogen-bond donors (Lipinski definition) is 0. The van der Waals surface area contributed by atoms with Crippen LogP contribution >= 0.6 is 0 Å². The first-order valence-corrected chi connectivity index (χ1v) is 12.5. The lowest BCUT2D eigenvalue weighted by atomic mass is 9.77. The number of amides is 2. The number of imide groups is 1. The van der Waals surface area contributed by atoms with E-state index in [4.69, 9.17) is 4.74 Å². The molecule has 36 heavy (non-hydrogen) atoms. The Morgan fingerprint density at radius 3 is 1.97 bits per heavy atom. The van der Waals surface area contributed by atoms with Crippen molar-refractivity contribution in [3.63, 3.8) is 0 Å². The highest BCUT2D eigenvalue weighted by Crippen LogP contribution is 2.42. The molecule has 2 atom stereocenters. The molecule has 2 aliphatic rings. The van der Waals surface area contributed by atoms with Gasteiger partial charge in [-0.15, -0.1) is 0 Å². The molecule has 0 N–H and O–H groups in total. The second kappa shape index (κ2) is 9.46. The van der Waals surface area contributed by atoms with Crippen LogP contribution in [0.4, 0.5) is 0 Å². The van der Waals surface area contributed by atoms with E-state index in [0.717, 1.165) is 24.2 Å². The van der Waals surface area contributed by atoms with Gasteiger partial charge in [-0.25, -0.2) is 0 Å². The topological polar surface area (TPSA) is 46.6 Å². The van der Waals surface area contributed by atoms with Crippen LogP contribution in [-0.4, -0.2) is 23.3 Å². The third-order valence-electron chi connectivity index (χ3n) is 7.34. The summed E-state index contributed by atoms with van der Waals surface area (Å²) in [5.41, 5.74) is 6.00. The second-order valence-corrected chi connectivity index (χ2v) is 9.48. The van der Waals surface area contributed by atoms with E-state index in [9.17, 15) is 9.59 Å². The van der Waals surface area contributed by atoms with E-state index in [-0.39, 0.29) is 17.9 Å². The molecule has 4 nitrogen and oxygen atoms in total. The molecule has 0 aromatic heterocycles. The van der Waals surface area contributed by atoms with Crippen molar-refractivity contribution in [1.29, 1.82) is 0 Å². The number of fused-ring (bicyclic) bond motifs is 2. The molecule has 1 aliphatic heterocycles. The smallest absolute Gasteiger partial charge is 0.261 e. The van der Waals surface area contributed by atoms with Gasteiger partial charge < -0.3 is 4.74 Å². The van der Waals surface area contributed by atoms with Crippen LogP contribution in [0.2, 0.25) is 0 Å². The summed E-state index contributed by atoms with van der Waals surface area (Å²) >= 11 is 0. The Hall–Kier alpha value is -4.18. The molecule has 0 saturated heterocycles. The number of nitrogens with zero attached hydrogens (tertiary/aromatic N) is 1. The summed E-state index contributed by atoms with van der Waals surface area (Å²) < 4.78 is 6.46. The zero-order chi connectivity index (χ0) is 24.5. The van der Waals surface area contributed by atoms with Crippen molar-refractivity contribution < 1.29 is 14.3 Å². The molecule has 6 rings (SSSR count). The highest BCUT2D eigenvalue weighted by Gasteiger charge is 2.34. The Labute approximate surface area is 211 Å². The maximum atomic E-state index is 12.6. The van der Waals surface area contributed by atoms with Crippen LogP contribution in [0.1, 0.15) is 67.8 Å². The average molecular weight is 474 g/mol. The summed E-state index contributed by atoms with van der Waals surface area (Å²) in [7, 11) is 0. The molecule has 4 aromatic carbocycles. The second-order valence-electron chi connectivity index (χ2n) is 9.48. The third kappa shape index (κ3) is 4.09. The SMILES string of the molecule is O=C1c2ccccc2C(=O)N1CCc1ccc(OC2CCC(c3ccccc3)c3ccccc32)cc1. The first kappa shape index (κ1) is 22.3. The molecule has 0 bridgehead atoms. The van der Waals surface area contributed by atoms with Crippen LogP contribution < -0.4 is 4.74 Å². The number of hydrogen-bond acceptors (Lipinski definition) is 3. The predicted molar refractivity (Wildman–Crippen MR) is 139 cm³/mol. The fourth-order valence-electron chi connectivity index (χ4n) is 5.49. The molecule has 4 heteroatoms. The van der Waals surface area contributed by atoms with Crippen LogP contribution in [0.5, 0.6) is 5.75 Å². The standard InChI is InChI=1S/C32H27NO3/c34-31-28-12-6-7-13-29(28)32(35)33(31)21-20-22-14-16-24(17-15-22)36-30-19-18-25(23-8-2-1-3-9-23)26-10-4-5-11-27(26)30/h1-17,25,30H,18-21H2. The fourth-order valence-corrected chi connectivity index (χ4v) is 5.49. The van der Waals surface area contributed by atoms with Crippen molar-refractivity contribution in [2.24, 2.45) is 0 Å². The first-order chi connectivity index (χ1) is 17.7. The van der Waals surface area contributed by atoms with Crippen molar-refractivity contribution in [2.75, 3.05) is 6.54 Å². The number of rotatable bonds is 6. The van der Waals surface area contributed by atoms with Gasteiger partial charge in [-0.2, -0.15) is 0 Å². The number of carbonyl (C=O) groups is 2. The average Bonchev–Trinajstić information content (AvgIpc) is 3.18. The molecule has 0 saturated carbocycles. The van der Waals surface area contributed by atoms with E-state index in [1.807, 2.05) is 24.3 Å². The minimum Gasteiger partial charge on any atom is -0.486 e. The molecular weight excluding hydrogens is 446 g/mol. The van der Waals surface area contributed by atoms with Gasteiger partial charge in [-0.05, 0) is 65.8 Å². The Bertz CT molecular complexity index is 1380. The normalized spacial score (nSPS) is 18.6. The van der Waals surface area contributed by atoms with Crippen LogP contribution in [-0.2, 0) is 6.42 Å². The van der Waals surface area contributed by atoms with Gasteiger partial charge in [0.1, 0.15) is 11.9 Å². The van der Waals surface area contributed by atoms with Crippen molar-refractivity contribution in [1.82, 2.24) is 4.90 Å². The fraction of sp³-hybridized carbons (Fsp3) is 0.188. The van der Waals surface area contributed by atoms with Crippen molar-refractivity contribution in [2.45, 2.75) is 31.3 Å². The molecule has 0 radical (unpaired) electrons. The van der Waals surface area contributed by atoms with Gasteiger partial charge in [-0.1, -0.05) is 78.9 Å². The Kier molecular flexibility index (Phi) is 5.86. The van der Waals surface area contributed by atoms with Crippen LogP contribution in [0.25, 0.3) is 0 Å². The number of carbonyl (C=O) groups excluding carboxylic acids is 2. The Morgan fingerprint density at radius 1 is 0.667 bits per heavy atom. The van der Waals surface area contributed by atoms with Gasteiger partial charge in [0.2, 0.25) is 0 Å². The molecule has 0 fully saturated rings. The lowest BCUT2D eigenvalue weighted by Gasteiger charge is -2.32. The van der Waals surface area contributed by atoms with E-state index >= 15 is 0 Å². The largest absolute Gasteiger partial charge is 0.486 e. The van der Waals surface area contributed by atoms with E-state index in [1.54, 1.807) is 24.3 Å². The predicted octanol–water partition coefficient (Wildman–Crippen LogP) is 6.57. The first-order valence-electron chi connectivity index (χ1n) is 12.5. The summed E-state index contributed by atoms with van der Waals surface area (Å²) in [6, 6.07) is 34.4. The zero-order valence-electron chi connectivity index (χ0n) is 20.0. The van der Waals surface area contributed by atoms with Gasteiger partial charge in [0.15, 0.2) is 0 Å². The molecule has 1 aliphatic carbocycles. The minimum atomic E-state index is -0.208. The monoisotopic (exact) mass is 473 g/mol. The summed E-state index contributed by atoms with van der Waals surface area (Å²) in [4.78, 5) is 26.6. The van der Waals surface area contributed by atoms with Gasteiger partial charge in [-0.3, -0.25) is 14.5 Å². The minimum absolute atomic E-state index is 0.0189. The highest BCUT2D eigenvalue weighted by molar-refractivity contribution is 6.21. The summed E-state index contributed by atoms with van der Waals surface area (Å²) in [6.07, 6.45) is 2.63. The molecule has 178 valence electrons.